The number of carbonyl (C=O) groups excluding carboxylic acids is 2. The van der Waals surface area contributed by atoms with Crippen molar-refractivity contribution in [3.8, 4) is 0 Å². The lowest BCUT2D eigenvalue weighted by atomic mass is 10.0. The highest BCUT2D eigenvalue weighted by Crippen LogP contribution is 2.20. The Morgan fingerprint density at radius 1 is 0.839 bits per heavy atom. The average molecular weight is 437 g/mol. The predicted octanol–water partition coefficient (Wildman–Crippen LogP) is 4.49. The number of rotatable bonds is 7. The number of hydrogen-bond acceptors (Lipinski definition) is 4. The van der Waals surface area contributed by atoms with Crippen molar-refractivity contribution in [1.82, 2.24) is 5.32 Å². The Morgan fingerprint density at radius 3 is 2.00 bits per heavy atom. The summed E-state index contributed by atoms with van der Waals surface area (Å²) in [7, 11) is -3.81. The molecule has 0 unspecified atom stereocenters. The van der Waals surface area contributed by atoms with Gasteiger partial charge in [0, 0.05) is 16.8 Å². The Morgan fingerprint density at radius 2 is 1.42 bits per heavy atom. The molecule has 0 aliphatic carbocycles. The topological polar surface area (TPSA) is 92.3 Å². The Kier molecular flexibility index (Phi) is 6.56. The molecule has 0 heterocycles. The van der Waals surface area contributed by atoms with E-state index in [0.29, 0.717) is 16.8 Å². The summed E-state index contributed by atoms with van der Waals surface area (Å²) in [6.07, 6.45) is 0. The minimum Gasteiger partial charge on any atom is -0.346 e. The summed E-state index contributed by atoms with van der Waals surface area (Å²) in [5.41, 5.74) is 3.33. The second-order valence-electron chi connectivity index (χ2n) is 7.32. The molecule has 6 nitrogen and oxygen atoms in total. The van der Waals surface area contributed by atoms with Crippen LogP contribution in [0.15, 0.2) is 77.7 Å². The fourth-order valence-electron chi connectivity index (χ4n) is 3.20. The maximum absolute atomic E-state index is 12.6. The van der Waals surface area contributed by atoms with Crippen LogP contribution in [0.1, 0.15) is 51.7 Å². The average Bonchev–Trinajstić information content (AvgIpc) is 2.74. The molecule has 160 valence electrons. The highest BCUT2D eigenvalue weighted by atomic mass is 32.2. The second-order valence-corrected chi connectivity index (χ2v) is 9.00. The number of amides is 1. The van der Waals surface area contributed by atoms with Crippen LogP contribution in [-0.4, -0.2) is 20.1 Å². The SMILES string of the molecule is CC(=O)c1ccc(S(=O)(=O)Nc2ccc(C(=O)N[C@@H](C)c3ccccc3C)cc2)cc1. The van der Waals surface area contributed by atoms with Gasteiger partial charge in [-0.15, -0.1) is 0 Å². The van der Waals surface area contributed by atoms with Crippen LogP contribution in [0.2, 0.25) is 0 Å². The van der Waals surface area contributed by atoms with Crippen molar-refractivity contribution >= 4 is 27.4 Å². The van der Waals surface area contributed by atoms with Gasteiger partial charge in [0.1, 0.15) is 0 Å². The van der Waals surface area contributed by atoms with Crippen molar-refractivity contribution in [2.45, 2.75) is 31.7 Å². The zero-order valence-corrected chi connectivity index (χ0v) is 18.4. The molecule has 0 aliphatic rings. The molecule has 3 aromatic rings. The molecule has 31 heavy (non-hydrogen) atoms. The van der Waals surface area contributed by atoms with Gasteiger partial charge in [-0.05, 0) is 68.3 Å². The van der Waals surface area contributed by atoms with E-state index in [9.17, 15) is 18.0 Å². The van der Waals surface area contributed by atoms with Crippen molar-refractivity contribution in [2.24, 2.45) is 0 Å². The quantitative estimate of drug-likeness (QED) is 0.534. The van der Waals surface area contributed by atoms with Crippen LogP contribution >= 0.6 is 0 Å². The first-order valence-electron chi connectivity index (χ1n) is 9.77. The first kappa shape index (κ1) is 22.2. The molecule has 0 saturated heterocycles. The molecule has 7 heteroatoms. The summed E-state index contributed by atoms with van der Waals surface area (Å²) in [6.45, 7) is 5.33. The summed E-state index contributed by atoms with van der Waals surface area (Å²) in [5.74, 6) is -0.382. The van der Waals surface area contributed by atoms with Gasteiger partial charge >= 0.3 is 0 Å². The molecule has 3 aromatic carbocycles. The lowest BCUT2D eigenvalue weighted by Gasteiger charge is -2.17. The Hall–Kier alpha value is -3.45. The van der Waals surface area contributed by atoms with Crippen LogP contribution in [0.4, 0.5) is 5.69 Å². The van der Waals surface area contributed by atoms with Gasteiger partial charge in [-0.3, -0.25) is 14.3 Å². The number of anilines is 1. The first-order valence-corrected chi connectivity index (χ1v) is 11.3. The number of benzene rings is 3. The number of sulfonamides is 1. The molecule has 0 radical (unpaired) electrons. The molecule has 0 bridgehead atoms. The summed E-state index contributed by atoms with van der Waals surface area (Å²) in [6, 6.07) is 19.6. The van der Waals surface area contributed by atoms with Gasteiger partial charge in [0.15, 0.2) is 5.78 Å². The van der Waals surface area contributed by atoms with Crippen LogP contribution in [0.25, 0.3) is 0 Å². The van der Waals surface area contributed by atoms with E-state index >= 15 is 0 Å². The van der Waals surface area contributed by atoms with E-state index in [1.807, 2.05) is 38.1 Å². The van der Waals surface area contributed by atoms with Crippen molar-refractivity contribution in [3.05, 3.63) is 95.1 Å². The number of hydrogen-bond donors (Lipinski definition) is 2. The largest absolute Gasteiger partial charge is 0.346 e. The number of nitrogens with one attached hydrogen (secondary N) is 2. The second kappa shape index (κ2) is 9.14. The van der Waals surface area contributed by atoms with Gasteiger partial charge in [0.25, 0.3) is 15.9 Å². The number of ketones is 1. The van der Waals surface area contributed by atoms with Crippen molar-refractivity contribution in [2.75, 3.05) is 4.72 Å². The molecular formula is C24H24N2O4S. The van der Waals surface area contributed by atoms with Crippen LogP contribution < -0.4 is 10.0 Å². The third-order valence-corrected chi connectivity index (χ3v) is 6.37. The molecule has 1 atom stereocenters. The van der Waals surface area contributed by atoms with Crippen LogP contribution in [0.3, 0.4) is 0 Å². The minimum atomic E-state index is -3.81. The van der Waals surface area contributed by atoms with E-state index in [0.717, 1.165) is 11.1 Å². The van der Waals surface area contributed by atoms with Crippen molar-refractivity contribution < 1.29 is 18.0 Å². The Bertz CT molecular complexity index is 1200. The molecule has 0 aliphatic heterocycles. The zero-order chi connectivity index (χ0) is 22.6. The molecule has 0 fully saturated rings. The molecule has 1 amide bonds. The standard InChI is InChI=1S/C24H24N2O4S/c1-16-6-4-5-7-23(16)17(2)25-24(28)20-8-12-21(13-9-20)26-31(29,30)22-14-10-19(11-15-22)18(3)27/h4-15,17,26H,1-3H3,(H,25,28)/t17-/m0/s1. The van der Waals surface area contributed by atoms with Crippen LogP contribution in [0, 0.1) is 6.92 Å². The lowest BCUT2D eigenvalue weighted by Crippen LogP contribution is -2.27. The summed E-state index contributed by atoms with van der Waals surface area (Å²) in [4.78, 5) is 24.0. The third kappa shape index (κ3) is 5.38. The summed E-state index contributed by atoms with van der Waals surface area (Å²) in [5, 5.41) is 2.96. The van der Waals surface area contributed by atoms with Crippen molar-refractivity contribution in [1.29, 1.82) is 0 Å². The maximum atomic E-state index is 12.6. The van der Waals surface area contributed by atoms with E-state index in [4.69, 9.17) is 0 Å². The molecule has 2 N–H and O–H groups in total. The number of carbonyl (C=O) groups is 2. The number of aryl methyl sites for hydroxylation is 1. The molecule has 0 saturated carbocycles. The van der Waals surface area contributed by atoms with Gasteiger partial charge in [0.05, 0.1) is 10.9 Å². The van der Waals surface area contributed by atoms with E-state index < -0.39 is 10.0 Å². The predicted molar refractivity (Wildman–Crippen MR) is 121 cm³/mol. The normalized spacial score (nSPS) is 12.1. The Balaban J connectivity index is 1.68. The molecule has 0 spiro atoms. The van der Waals surface area contributed by atoms with Crippen LogP contribution in [0.5, 0.6) is 0 Å². The highest BCUT2D eigenvalue weighted by Gasteiger charge is 2.16. The van der Waals surface area contributed by atoms with Gasteiger partial charge in [0.2, 0.25) is 0 Å². The first-order chi connectivity index (χ1) is 14.7. The minimum absolute atomic E-state index is 0.0476. The monoisotopic (exact) mass is 436 g/mol. The fraction of sp³-hybridized carbons (Fsp3) is 0.167. The molecule has 3 rings (SSSR count). The Labute approximate surface area is 182 Å². The van der Waals surface area contributed by atoms with E-state index in [1.54, 1.807) is 12.1 Å². The van der Waals surface area contributed by atoms with Gasteiger partial charge < -0.3 is 5.32 Å². The third-order valence-electron chi connectivity index (χ3n) is 4.97. The van der Waals surface area contributed by atoms with E-state index in [1.165, 1.54) is 43.3 Å². The summed E-state index contributed by atoms with van der Waals surface area (Å²) < 4.78 is 27.6. The molecule has 0 aromatic heterocycles. The zero-order valence-electron chi connectivity index (χ0n) is 17.5. The van der Waals surface area contributed by atoms with Crippen molar-refractivity contribution in [3.63, 3.8) is 0 Å². The van der Waals surface area contributed by atoms with Gasteiger partial charge in [-0.2, -0.15) is 0 Å². The lowest BCUT2D eigenvalue weighted by molar-refractivity contribution is 0.0939. The van der Waals surface area contributed by atoms with E-state index in [2.05, 4.69) is 10.0 Å². The van der Waals surface area contributed by atoms with Crippen LogP contribution in [-0.2, 0) is 10.0 Å². The smallest absolute Gasteiger partial charge is 0.261 e. The fourth-order valence-corrected chi connectivity index (χ4v) is 4.26. The van der Waals surface area contributed by atoms with Gasteiger partial charge in [-0.1, -0.05) is 36.4 Å². The molecular weight excluding hydrogens is 412 g/mol. The highest BCUT2D eigenvalue weighted by molar-refractivity contribution is 7.92. The van der Waals surface area contributed by atoms with E-state index in [-0.39, 0.29) is 22.6 Å². The summed E-state index contributed by atoms with van der Waals surface area (Å²) >= 11 is 0. The maximum Gasteiger partial charge on any atom is 0.261 e. The number of Topliss-reactive ketones (excluding diaryl/α,β-unsaturated/α-hetero) is 1. The van der Waals surface area contributed by atoms with Gasteiger partial charge in [-0.25, -0.2) is 8.42 Å².